The molecular formula is C29H29N3O4. The highest BCUT2D eigenvalue weighted by atomic mass is 16.4. The number of furan rings is 2. The van der Waals surface area contributed by atoms with E-state index in [-0.39, 0.29) is 18.2 Å². The van der Waals surface area contributed by atoms with Crippen molar-refractivity contribution >= 4 is 28.5 Å². The van der Waals surface area contributed by atoms with Crippen LogP contribution in [-0.4, -0.2) is 17.5 Å². The molecule has 0 bridgehead atoms. The summed E-state index contributed by atoms with van der Waals surface area (Å²) in [5, 5.41) is 8.34. The summed E-state index contributed by atoms with van der Waals surface area (Å²) in [5.74, 6) is 0.557. The van der Waals surface area contributed by atoms with Gasteiger partial charge in [0, 0.05) is 35.0 Å². The minimum Gasteiger partial charge on any atom is -0.464 e. The van der Waals surface area contributed by atoms with Crippen LogP contribution in [-0.2, 0) is 24.2 Å². The van der Waals surface area contributed by atoms with E-state index in [1.165, 1.54) is 0 Å². The predicted octanol–water partition coefficient (Wildman–Crippen LogP) is 5.28. The van der Waals surface area contributed by atoms with Crippen molar-refractivity contribution in [3.63, 3.8) is 0 Å². The molecule has 1 aliphatic rings. The van der Waals surface area contributed by atoms with Gasteiger partial charge >= 0.3 is 0 Å². The Kier molecular flexibility index (Phi) is 6.46. The first-order valence-electron chi connectivity index (χ1n) is 12.2. The fraction of sp³-hybridized carbons (Fsp3) is 0.276. The minimum atomic E-state index is -0.258. The van der Waals surface area contributed by atoms with Gasteiger partial charge in [-0.05, 0) is 56.4 Å². The van der Waals surface area contributed by atoms with E-state index in [1.54, 1.807) is 6.26 Å². The van der Waals surface area contributed by atoms with Gasteiger partial charge in [0.2, 0.25) is 5.91 Å². The Bertz CT molecular complexity index is 1480. The molecule has 0 radical (unpaired) electrons. The number of hydrogen-bond donors (Lipinski definition) is 2. The highest BCUT2D eigenvalue weighted by Crippen LogP contribution is 2.30. The van der Waals surface area contributed by atoms with E-state index < -0.39 is 0 Å². The van der Waals surface area contributed by atoms with Gasteiger partial charge in [-0.25, -0.2) is 5.43 Å². The van der Waals surface area contributed by atoms with E-state index in [4.69, 9.17) is 8.83 Å². The number of nitrogens with one attached hydrogen (secondary N) is 2. The molecule has 2 aromatic carbocycles. The SMILES string of the molecule is Cc1cc(C)c2c(CC(=O)N/N=C3\CCCc4oc(C(=O)NCc5ccccc5)c(C)c43)coc2c1. The molecular weight excluding hydrogens is 454 g/mol. The van der Waals surface area contributed by atoms with Crippen LogP contribution in [0.3, 0.4) is 0 Å². The topological polar surface area (TPSA) is 96.8 Å². The molecule has 0 spiro atoms. The summed E-state index contributed by atoms with van der Waals surface area (Å²) in [5.41, 5.74) is 9.84. The lowest BCUT2D eigenvalue weighted by atomic mass is 9.93. The van der Waals surface area contributed by atoms with Crippen molar-refractivity contribution in [2.75, 3.05) is 0 Å². The van der Waals surface area contributed by atoms with E-state index in [2.05, 4.69) is 21.9 Å². The number of fused-ring (bicyclic) bond motifs is 2. The van der Waals surface area contributed by atoms with E-state index in [0.717, 1.165) is 68.7 Å². The lowest BCUT2D eigenvalue weighted by molar-refractivity contribution is -0.120. The molecule has 2 amide bonds. The van der Waals surface area contributed by atoms with Gasteiger partial charge in [-0.3, -0.25) is 9.59 Å². The zero-order valence-electron chi connectivity index (χ0n) is 20.7. The van der Waals surface area contributed by atoms with E-state index in [9.17, 15) is 9.59 Å². The van der Waals surface area contributed by atoms with Crippen molar-refractivity contribution in [2.45, 2.75) is 53.0 Å². The maximum atomic E-state index is 12.8. The van der Waals surface area contributed by atoms with Crippen molar-refractivity contribution in [1.29, 1.82) is 0 Å². The molecule has 1 aliphatic carbocycles. The van der Waals surface area contributed by atoms with Gasteiger partial charge in [0.15, 0.2) is 5.76 Å². The summed E-state index contributed by atoms with van der Waals surface area (Å²) >= 11 is 0. The fourth-order valence-electron chi connectivity index (χ4n) is 4.95. The van der Waals surface area contributed by atoms with Crippen LogP contribution in [0.15, 0.2) is 62.7 Å². The Hall–Kier alpha value is -4.13. The number of hydrogen-bond acceptors (Lipinski definition) is 5. The monoisotopic (exact) mass is 483 g/mol. The van der Waals surface area contributed by atoms with Gasteiger partial charge in [-0.15, -0.1) is 0 Å². The number of carbonyl (C=O) groups excluding carboxylic acids is 2. The van der Waals surface area contributed by atoms with Crippen LogP contribution in [0.4, 0.5) is 0 Å². The number of nitrogens with zero attached hydrogens (tertiary/aromatic N) is 1. The zero-order chi connectivity index (χ0) is 25.2. The Morgan fingerprint density at radius 2 is 1.86 bits per heavy atom. The molecule has 0 atom stereocenters. The second-order valence-corrected chi connectivity index (χ2v) is 9.36. The van der Waals surface area contributed by atoms with Crippen LogP contribution in [0.2, 0.25) is 0 Å². The first kappa shape index (κ1) is 23.6. The largest absolute Gasteiger partial charge is 0.464 e. The molecule has 0 fully saturated rings. The second-order valence-electron chi connectivity index (χ2n) is 9.36. The first-order chi connectivity index (χ1) is 17.4. The zero-order valence-corrected chi connectivity index (χ0v) is 20.7. The van der Waals surface area contributed by atoms with Gasteiger partial charge in [0.05, 0.1) is 18.4 Å². The Balaban J connectivity index is 1.30. The second kappa shape index (κ2) is 9.85. The molecule has 2 aromatic heterocycles. The normalized spacial score (nSPS) is 14.1. The van der Waals surface area contributed by atoms with Gasteiger partial charge in [-0.1, -0.05) is 36.4 Å². The van der Waals surface area contributed by atoms with E-state index in [1.807, 2.05) is 57.2 Å². The van der Waals surface area contributed by atoms with E-state index >= 15 is 0 Å². The molecule has 0 unspecified atom stereocenters. The number of aryl methyl sites for hydroxylation is 3. The third-order valence-corrected chi connectivity index (χ3v) is 6.59. The van der Waals surface area contributed by atoms with Gasteiger partial charge in [-0.2, -0.15) is 5.10 Å². The Labute approximate surface area is 209 Å². The van der Waals surface area contributed by atoms with Crippen LogP contribution in [0.25, 0.3) is 11.0 Å². The molecule has 0 aliphatic heterocycles. The van der Waals surface area contributed by atoms with E-state index in [0.29, 0.717) is 18.7 Å². The molecule has 4 aromatic rings. The smallest absolute Gasteiger partial charge is 0.287 e. The van der Waals surface area contributed by atoms with Crippen molar-refractivity contribution in [1.82, 2.24) is 10.7 Å². The Morgan fingerprint density at radius 3 is 2.67 bits per heavy atom. The summed E-state index contributed by atoms with van der Waals surface area (Å²) in [4.78, 5) is 25.6. The molecule has 2 heterocycles. The van der Waals surface area contributed by atoms with Gasteiger partial charge < -0.3 is 14.2 Å². The predicted molar refractivity (Wildman–Crippen MR) is 138 cm³/mol. The maximum Gasteiger partial charge on any atom is 0.287 e. The number of rotatable bonds is 6. The molecule has 2 N–H and O–H groups in total. The third kappa shape index (κ3) is 4.69. The number of amides is 2. The van der Waals surface area contributed by atoms with Crippen molar-refractivity contribution in [3.8, 4) is 0 Å². The van der Waals surface area contributed by atoms with Gasteiger partial charge in [0.25, 0.3) is 5.91 Å². The first-order valence-corrected chi connectivity index (χ1v) is 12.2. The quantitative estimate of drug-likeness (QED) is 0.365. The number of hydrazone groups is 1. The van der Waals surface area contributed by atoms with Crippen LogP contribution in [0.1, 0.15) is 62.5 Å². The lowest BCUT2D eigenvalue weighted by Gasteiger charge is -2.13. The third-order valence-electron chi connectivity index (χ3n) is 6.59. The standard InChI is InChI=1S/C29H29N3O4/c1-17-12-18(2)26-21(16-35-24(26)13-17)14-25(33)32-31-22-10-7-11-23-27(22)19(3)28(36-23)29(34)30-15-20-8-5-4-6-9-20/h4-6,8-9,12-13,16H,7,10-11,14-15H2,1-3H3,(H,30,34)(H,32,33)/b31-22+. The highest BCUT2D eigenvalue weighted by molar-refractivity contribution is 6.06. The fourth-order valence-corrected chi connectivity index (χ4v) is 4.95. The Morgan fingerprint density at radius 1 is 1.06 bits per heavy atom. The summed E-state index contributed by atoms with van der Waals surface area (Å²) in [6.07, 6.45) is 4.08. The van der Waals surface area contributed by atoms with Crippen molar-refractivity contribution in [3.05, 3.63) is 93.6 Å². The molecule has 0 saturated carbocycles. The van der Waals surface area contributed by atoms with Crippen LogP contribution < -0.4 is 10.7 Å². The molecule has 36 heavy (non-hydrogen) atoms. The number of benzene rings is 2. The average molecular weight is 484 g/mol. The van der Waals surface area contributed by atoms with Crippen LogP contribution >= 0.6 is 0 Å². The molecule has 5 rings (SSSR count). The summed E-state index contributed by atoms with van der Waals surface area (Å²) in [7, 11) is 0. The molecule has 0 saturated heterocycles. The molecule has 7 heteroatoms. The average Bonchev–Trinajstić information content (AvgIpc) is 3.43. The molecule has 7 nitrogen and oxygen atoms in total. The maximum absolute atomic E-state index is 12.8. The summed E-state index contributed by atoms with van der Waals surface area (Å²) in [6.45, 7) is 6.32. The summed E-state index contributed by atoms with van der Waals surface area (Å²) < 4.78 is 11.6. The van der Waals surface area contributed by atoms with Crippen LogP contribution in [0, 0.1) is 20.8 Å². The van der Waals surface area contributed by atoms with Gasteiger partial charge in [0.1, 0.15) is 11.3 Å². The molecule has 184 valence electrons. The van der Waals surface area contributed by atoms with Crippen molar-refractivity contribution in [2.24, 2.45) is 5.10 Å². The highest BCUT2D eigenvalue weighted by Gasteiger charge is 2.28. The summed E-state index contributed by atoms with van der Waals surface area (Å²) in [6, 6.07) is 13.8. The van der Waals surface area contributed by atoms with Crippen LogP contribution in [0.5, 0.6) is 0 Å². The van der Waals surface area contributed by atoms with Crippen molar-refractivity contribution < 1.29 is 18.4 Å². The lowest BCUT2D eigenvalue weighted by Crippen LogP contribution is -2.24. The number of carbonyl (C=O) groups is 2. The minimum absolute atomic E-state index is 0.165.